The van der Waals surface area contributed by atoms with Crippen molar-refractivity contribution in [1.29, 1.82) is 0 Å². The standard InChI is InChI=1S/C12H12FN3O2/c1-8-11(6-7-12(17)18)14-15-16(8)10-4-2-9(13)3-5-10/h2-5H,6-7H2,1H3,(H,17,18). The number of benzene rings is 1. The zero-order chi connectivity index (χ0) is 13.1. The summed E-state index contributed by atoms with van der Waals surface area (Å²) in [5, 5.41) is 16.5. The molecule has 18 heavy (non-hydrogen) atoms. The molecule has 0 aliphatic rings. The third kappa shape index (κ3) is 2.53. The molecule has 0 unspecified atom stereocenters. The van der Waals surface area contributed by atoms with Crippen LogP contribution in [0.25, 0.3) is 5.69 Å². The normalized spacial score (nSPS) is 10.6. The predicted octanol–water partition coefficient (Wildman–Crippen LogP) is 1.73. The number of carboxylic acid groups (broad SMARTS) is 1. The number of aromatic nitrogens is 3. The Morgan fingerprint density at radius 2 is 2.06 bits per heavy atom. The van der Waals surface area contributed by atoms with E-state index in [1.807, 2.05) is 0 Å². The van der Waals surface area contributed by atoms with Gasteiger partial charge in [0, 0.05) is 6.42 Å². The van der Waals surface area contributed by atoms with Gasteiger partial charge in [0.2, 0.25) is 0 Å². The summed E-state index contributed by atoms with van der Waals surface area (Å²) in [6.07, 6.45) is 0.352. The molecule has 0 amide bonds. The summed E-state index contributed by atoms with van der Waals surface area (Å²) in [4.78, 5) is 10.5. The number of aliphatic carboxylic acids is 1. The van der Waals surface area contributed by atoms with Crippen LogP contribution in [-0.2, 0) is 11.2 Å². The molecule has 94 valence electrons. The molecule has 0 spiro atoms. The second-order valence-electron chi connectivity index (χ2n) is 3.90. The molecule has 0 bridgehead atoms. The Labute approximate surface area is 103 Å². The maximum Gasteiger partial charge on any atom is 0.303 e. The molecule has 2 aromatic rings. The first-order chi connectivity index (χ1) is 8.58. The highest BCUT2D eigenvalue weighted by atomic mass is 19.1. The highest BCUT2D eigenvalue weighted by molar-refractivity contribution is 5.67. The van der Waals surface area contributed by atoms with E-state index < -0.39 is 5.97 Å². The van der Waals surface area contributed by atoms with Crippen molar-refractivity contribution in [1.82, 2.24) is 15.0 Å². The van der Waals surface area contributed by atoms with Gasteiger partial charge in [0.25, 0.3) is 0 Å². The van der Waals surface area contributed by atoms with Crippen LogP contribution in [0.2, 0.25) is 0 Å². The van der Waals surface area contributed by atoms with E-state index in [-0.39, 0.29) is 12.2 Å². The first-order valence-corrected chi connectivity index (χ1v) is 5.47. The molecule has 2 rings (SSSR count). The van der Waals surface area contributed by atoms with Gasteiger partial charge in [-0.25, -0.2) is 9.07 Å². The van der Waals surface area contributed by atoms with Crippen LogP contribution in [0.3, 0.4) is 0 Å². The zero-order valence-corrected chi connectivity index (χ0v) is 9.80. The second-order valence-corrected chi connectivity index (χ2v) is 3.90. The molecule has 0 saturated carbocycles. The first-order valence-electron chi connectivity index (χ1n) is 5.47. The molecule has 1 heterocycles. The lowest BCUT2D eigenvalue weighted by atomic mass is 10.2. The molecule has 0 fully saturated rings. The highest BCUT2D eigenvalue weighted by Crippen LogP contribution is 2.13. The molecule has 5 nitrogen and oxygen atoms in total. The quantitative estimate of drug-likeness (QED) is 0.896. The lowest BCUT2D eigenvalue weighted by Crippen LogP contribution is -2.01. The van der Waals surface area contributed by atoms with E-state index in [9.17, 15) is 9.18 Å². The van der Waals surface area contributed by atoms with Crippen LogP contribution in [0, 0.1) is 12.7 Å². The molecule has 0 atom stereocenters. The summed E-state index contributed by atoms with van der Waals surface area (Å²) in [6, 6.07) is 5.87. The van der Waals surface area contributed by atoms with Crippen molar-refractivity contribution >= 4 is 5.97 Å². The largest absolute Gasteiger partial charge is 0.481 e. The molecule has 0 saturated heterocycles. The van der Waals surface area contributed by atoms with Gasteiger partial charge in [-0.05, 0) is 31.2 Å². The fourth-order valence-corrected chi connectivity index (χ4v) is 1.64. The Hall–Kier alpha value is -2.24. The van der Waals surface area contributed by atoms with Gasteiger partial charge in [0.1, 0.15) is 5.82 Å². The smallest absolute Gasteiger partial charge is 0.303 e. The molecule has 0 radical (unpaired) electrons. The van der Waals surface area contributed by atoms with Crippen molar-refractivity contribution in [3.05, 3.63) is 41.5 Å². The summed E-state index contributed by atoms with van der Waals surface area (Å²) in [7, 11) is 0. The number of hydrogen-bond acceptors (Lipinski definition) is 3. The van der Waals surface area contributed by atoms with Crippen LogP contribution >= 0.6 is 0 Å². The van der Waals surface area contributed by atoms with Crippen molar-refractivity contribution in [2.75, 3.05) is 0 Å². The average Bonchev–Trinajstić information content (AvgIpc) is 2.69. The fraction of sp³-hybridized carbons (Fsp3) is 0.250. The molecule has 0 aliphatic carbocycles. The van der Waals surface area contributed by atoms with Crippen molar-refractivity contribution in [2.45, 2.75) is 19.8 Å². The summed E-state index contributed by atoms with van der Waals surface area (Å²) in [6.45, 7) is 1.81. The Morgan fingerprint density at radius 1 is 1.39 bits per heavy atom. The maximum atomic E-state index is 12.8. The topological polar surface area (TPSA) is 68.0 Å². The SMILES string of the molecule is Cc1c(CCC(=O)O)nnn1-c1ccc(F)cc1. The minimum Gasteiger partial charge on any atom is -0.481 e. The number of carbonyl (C=O) groups is 1. The number of rotatable bonds is 4. The van der Waals surface area contributed by atoms with E-state index >= 15 is 0 Å². The van der Waals surface area contributed by atoms with E-state index in [0.717, 1.165) is 5.69 Å². The van der Waals surface area contributed by atoms with Crippen molar-refractivity contribution < 1.29 is 14.3 Å². The molecule has 0 aliphatic heterocycles. The van der Waals surface area contributed by atoms with Crippen LogP contribution < -0.4 is 0 Å². The molecular formula is C12H12FN3O2. The monoisotopic (exact) mass is 249 g/mol. The number of aryl methyl sites for hydroxylation is 1. The Balaban J connectivity index is 2.25. The van der Waals surface area contributed by atoms with Crippen molar-refractivity contribution in [3.8, 4) is 5.69 Å². The highest BCUT2D eigenvalue weighted by Gasteiger charge is 2.11. The third-order valence-electron chi connectivity index (χ3n) is 2.64. The lowest BCUT2D eigenvalue weighted by molar-refractivity contribution is -0.136. The van der Waals surface area contributed by atoms with Crippen molar-refractivity contribution in [3.63, 3.8) is 0 Å². The fourth-order valence-electron chi connectivity index (χ4n) is 1.64. The van der Waals surface area contributed by atoms with Gasteiger partial charge < -0.3 is 5.11 Å². The minimum atomic E-state index is -0.870. The number of carboxylic acids is 1. The van der Waals surface area contributed by atoms with Gasteiger partial charge in [0.05, 0.1) is 23.5 Å². The summed E-state index contributed by atoms with van der Waals surface area (Å²) >= 11 is 0. The summed E-state index contributed by atoms with van der Waals surface area (Å²) < 4.78 is 14.4. The molecular weight excluding hydrogens is 237 g/mol. The second kappa shape index (κ2) is 4.95. The van der Waals surface area contributed by atoms with Gasteiger partial charge in [0.15, 0.2) is 0 Å². The van der Waals surface area contributed by atoms with Crippen LogP contribution in [0.4, 0.5) is 4.39 Å². The van der Waals surface area contributed by atoms with Gasteiger partial charge in [-0.1, -0.05) is 5.21 Å². The van der Waals surface area contributed by atoms with Crippen LogP contribution in [0.15, 0.2) is 24.3 Å². The first kappa shape index (κ1) is 12.2. The van der Waals surface area contributed by atoms with E-state index in [1.165, 1.54) is 12.1 Å². The summed E-state index contributed by atoms with van der Waals surface area (Å²) in [5.74, 6) is -1.19. The van der Waals surface area contributed by atoms with Gasteiger partial charge in [-0.15, -0.1) is 5.10 Å². The molecule has 1 aromatic carbocycles. The Bertz CT molecular complexity index is 563. The van der Waals surface area contributed by atoms with Gasteiger partial charge in [-0.3, -0.25) is 4.79 Å². The lowest BCUT2D eigenvalue weighted by Gasteiger charge is -2.03. The zero-order valence-electron chi connectivity index (χ0n) is 9.80. The Kier molecular flexibility index (Phi) is 3.36. The minimum absolute atomic E-state index is 0.0168. The summed E-state index contributed by atoms with van der Waals surface area (Å²) in [5.41, 5.74) is 2.10. The van der Waals surface area contributed by atoms with Crippen LogP contribution in [-0.4, -0.2) is 26.1 Å². The van der Waals surface area contributed by atoms with E-state index in [4.69, 9.17) is 5.11 Å². The van der Waals surface area contributed by atoms with E-state index in [1.54, 1.807) is 23.7 Å². The van der Waals surface area contributed by atoms with E-state index in [0.29, 0.717) is 17.8 Å². The maximum absolute atomic E-state index is 12.8. The van der Waals surface area contributed by atoms with Gasteiger partial charge in [-0.2, -0.15) is 0 Å². The molecule has 1 N–H and O–H groups in total. The Morgan fingerprint density at radius 3 is 2.67 bits per heavy atom. The average molecular weight is 249 g/mol. The third-order valence-corrected chi connectivity index (χ3v) is 2.64. The van der Waals surface area contributed by atoms with Crippen LogP contribution in [0.5, 0.6) is 0 Å². The molecule has 1 aromatic heterocycles. The predicted molar refractivity (Wildman–Crippen MR) is 62.0 cm³/mol. The van der Waals surface area contributed by atoms with E-state index in [2.05, 4.69) is 10.3 Å². The van der Waals surface area contributed by atoms with Gasteiger partial charge >= 0.3 is 5.97 Å². The number of halogens is 1. The number of hydrogen-bond donors (Lipinski definition) is 1. The van der Waals surface area contributed by atoms with Crippen molar-refractivity contribution in [2.24, 2.45) is 0 Å². The number of nitrogens with zero attached hydrogens (tertiary/aromatic N) is 3. The van der Waals surface area contributed by atoms with Crippen LogP contribution in [0.1, 0.15) is 17.8 Å². The molecule has 6 heteroatoms.